The molecule has 0 radical (unpaired) electrons. The van der Waals surface area contributed by atoms with E-state index < -0.39 is 5.97 Å². The minimum atomic E-state index is -0.557. The Bertz CT molecular complexity index is 973. The number of rotatable bonds is 7. The van der Waals surface area contributed by atoms with Gasteiger partial charge in [0.15, 0.2) is 18.1 Å². The molecule has 0 bridgehead atoms. The van der Waals surface area contributed by atoms with Gasteiger partial charge < -0.3 is 14.2 Å². The Hall–Kier alpha value is -3.31. The molecule has 0 aliphatic carbocycles. The van der Waals surface area contributed by atoms with Crippen LogP contribution in [-0.2, 0) is 4.79 Å². The first kappa shape index (κ1) is 19.5. The molecule has 1 heterocycles. The number of benzene rings is 2. The number of methoxy groups -OCH3 is 1. The van der Waals surface area contributed by atoms with Crippen LogP contribution in [0.5, 0.6) is 17.2 Å². The normalized spacial score (nSPS) is 10.6. The molecule has 0 N–H and O–H groups in total. The first-order chi connectivity index (χ1) is 13.7. The number of halogens is 1. The second-order valence-corrected chi connectivity index (χ2v) is 6.12. The summed E-state index contributed by atoms with van der Waals surface area (Å²) in [4.78, 5) is 16.1. The van der Waals surface area contributed by atoms with Crippen molar-refractivity contribution in [3.05, 3.63) is 83.1 Å². The van der Waals surface area contributed by atoms with Crippen LogP contribution >= 0.6 is 11.6 Å². The third-order valence-electron chi connectivity index (χ3n) is 3.77. The number of hydrogen-bond acceptors (Lipinski definition) is 5. The third kappa shape index (κ3) is 5.34. The Labute approximate surface area is 168 Å². The summed E-state index contributed by atoms with van der Waals surface area (Å²) in [5, 5.41) is 0.429. The van der Waals surface area contributed by atoms with Crippen molar-refractivity contribution < 1.29 is 19.0 Å². The molecule has 0 atom stereocenters. The zero-order valence-corrected chi connectivity index (χ0v) is 15.9. The van der Waals surface area contributed by atoms with Crippen molar-refractivity contribution in [3.8, 4) is 17.2 Å². The fraction of sp³-hybridized carbons (Fsp3) is 0.0909. The number of esters is 1. The van der Waals surface area contributed by atoms with Gasteiger partial charge in [0.05, 0.1) is 12.1 Å². The summed E-state index contributed by atoms with van der Waals surface area (Å²) in [6.45, 7) is -0.267. The van der Waals surface area contributed by atoms with Crippen LogP contribution in [0.3, 0.4) is 0 Å². The first-order valence-corrected chi connectivity index (χ1v) is 8.87. The summed E-state index contributed by atoms with van der Waals surface area (Å²) >= 11 is 6.00. The molecule has 28 heavy (non-hydrogen) atoms. The molecule has 0 aliphatic rings. The van der Waals surface area contributed by atoms with E-state index in [1.54, 1.807) is 48.8 Å². The number of pyridine rings is 1. The number of nitrogens with zero attached hydrogens (tertiary/aromatic N) is 1. The summed E-state index contributed by atoms with van der Waals surface area (Å²) in [6.07, 6.45) is 7.35. The lowest BCUT2D eigenvalue weighted by molar-refractivity contribution is -0.136. The maximum Gasteiger partial charge on any atom is 0.349 e. The highest BCUT2D eigenvalue weighted by Gasteiger charge is 2.12. The summed E-state index contributed by atoms with van der Waals surface area (Å²) < 4.78 is 16.1. The maximum absolute atomic E-state index is 12.1. The van der Waals surface area contributed by atoms with Crippen molar-refractivity contribution in [2.24, 2.45) is 0 Å². The van der Waals surface area contributed by atoms with E-state index in [4.69, 9.17) is 25.8 Å². The van der Waals surface area contributed by atoms with E-state index in [0.29, 0.717) is 22.3 Å². The highest BCUT2D eigenvalue weighted by Crippen LogP contribution is 2.29. The van der Waals surface area contributed by atoms with Crippen LogP contribution in [0.1, 0.15) is 11.1 Å². The SMILES string of the molecule is COc1cc(/C=C/c2ccncc2)ccc1OC(=O)COc1ccccc1Cl. The van der Waals surface area contributed by atoms with Crippen molar-refractivity contribution >= 4 is 29.7 Å². The molecule has 0 spiro atoms. The lowest BCUT2D eigenvalue weighted by atomic mass is 10.1. The van der Waals surface area contributed by atoms with Gasteiger partial charge >= 0.3 is 5.97 Å². The smallest absolute Gasteiger partial charge is 0.349 e. The number of hydrogen-bond donors (Lipinski definition) is 0. The Morgan fingerprint density at radius 1 is 0.964 bits per heavy atom. The molecule has 6 heteroatoms. The van der Waals surface area contributed by atoms with Crippen molar-refractivity contribution in [1.82, 2.24) is 4.98 Å². The molecular weight excluding hydrogens is 378 g/mol. The number of aromatic nitrogens is 1. The molecule has 2 aromatic carbocycles. The predicted octanol–water partition coefficient (Wildman–Crippen LogP) is 4.90. The van der Waals surface area contributed by atoms with Gasteiger partial charge in [-0.25, -0.2) is 4.79 Å². The molecule has 3 rings (SSSR count). The second kappa shape index (κ2) is 9.58. The Kier molecular flexibility index (Phi) is 6.65. The van der Waals surface area contributed by atoms with E-state index in [2.05, 4.69) is 4.98 Å². The van der Waals surface area contributed by atoms with Gasteiger partial charge in [-0.2, -0.15) is 0 Å². The van der Waals surface area contributed by atoms with Gasteiger partial charge in [-0.3, -0.25) is 4.98 Å². The summed E-state index contributed by atoms with van der Waals surface area (Å²) in [5.74, 6) is 0.627. The van der Waals surface area contributed by atoms with Crippen LogP contribution < -0.4 is 14.2 Å². The fourth-order valence-corrected chi connectivity index (χ4v) is 2.58. The van der Waals surface area contributed by atoms with Gasteiger partial charge in [-0.1, -0.05) is 42.0 Å². The zero-order chi connectivity index (χ0) is 19.8. The van der Waals surface area contributed by atoms with Crippen LogP contribution in [0.4, 0.5) is 0 Å². The molecule has 3 aromatic rings. The molecule has 1 aromatic heterocycles. The lowest BCUT2D eigenvalue weighted by Gasteiger charge is -2.11. The van der Waals surface area contributed by atoms with E-state index in [1.165, 1.54) is 7.11 Å². The van der Waals surface area contributed by atoms with Crippen LogP contribution in [0.25, 0.3) is 12.2 Å². The molecule has 0 fully saturated rings. The molecular formula is C22H18ClNO4. The highest BCUT2D eigenvalue weighted by atomic mass is 35.5. The minimum absolute atomic E-state index is 0.267. The topological polar surface area (TPSA) is 57.7 Å². The molecule has 0 unspecified atom stereocenters. The van der Waals surface area contributed by atoms with E-state index >= 15 is 0 Å². The molecule has 5 nitrogen and oxygen atoms in total. The Morgan fingerprint density at radius 2 is 1.71 bits per heavy atom. The number of ether oxygens (including phenoxy) is 3. The average Bonchev–Trinajstić information content (AvgIpc) is 2.73. The van der Waals surface area contributed by atoms with Crippen LogP contribution in [-0.4, -0.2) is 24.7 Å². The number of para-hydroxylation sites is 1. The number of carbonyl (C=O) groups is 1. The van der Waals surface area contributed by atoms with Gasteiger partial charge in [0, 0.05) is 12.4 Å². The standard InChI is InChI=1S/C22H18ClNO4/c1-26-21-14-17(7-6-16-10-12-24-13-11-16)8-9-20(21)28-22(25)15-27-19-5-3-2-4-18(19)23/h2-14H,15H2,1H3/b7-6+. The minimum Gasteiger partial charge on any atom is -0.493 e. The third-order valence-corrected chi connectivity index (χ3v) is 4.08. The summed E-state index contributed by atoms with van der Waals surface area (Å²) in [5.41, 5.74) is 1.93. The van der Waals surface area contributed by atoms with Gasteiger partial charge in [-0.15, -0.1) is 0 Å². The molecule has 0 amide bonds. The second-order valence-electron chi connectivity index (χ2n) is 5.72. The molecule has 0 saturated heterocycles. The van der Waals surface area contributed by atoms with Crippen molar-refractivity contribution in [2.75, 3.05) is 13.7 Å². The van der Waals surface area contributed by atoms with E-state index in [9.17, 15) is 4.79 Å². The zero-order valence-electron chi connectivity index (χ0n) is 15.2. The number of carbonyl (C=O) groups excluding carboxylic acids is 1. The van der Waals surface area contributed by atoms with Gasteiger partial charge in [0.2, 0.25) is 0 Å². The van der Waals surface area contributed by atoms with Crippen molar-refractivity contribution in [3.63, 3.8) is 0 Å². The van der Waals surface area contributed by atoms with Crippen LogP contribution in [0, 0.1) is 0 Å². The largest absolute Gasteiger partial charge is 0.493 e. The van der Waals surface area contributed by atoms with Gasteiger partial charge in [0.25, 0.3) is 0 Å². The molecule has 0 saturated carbocycles. The van der Waals surface area contributed by atoms with Gasteiger partial charge in [-0.05, 0) is 47.5 Å². The van der Waals surface area contributed by atoms with E-state index in [-0.39, 0.29) is 6.61 Å². The van der Waals surface area contributed by atoms with Crippen molar-refractivity contribution in [2.45, 2.75) is 0 Å². The molecule has 0 aliphatic heterocycles. The summed E-state index contributed by atoms with van der Waals surface area (Å²) in [6, 6.07) is 16.0. The van der Waals surface area contributed by atoms with Gasteiger partial charge in [0.1, 0.15) is 5.75 Å². The quantitative estimate of drug-likeness (QED) is 0.420. The van der Waals surface area contributed by atoms with Crippen molar-refractivity contribution in [1.29, 1.82) is 0 Å². The average molecular weight is 396 g/mol. The van der Waals surface area contributed by atoms with Crippen LogP contribution in [0.15, 0.2) is 67.0 Å². The monoisotopic (exact) mass is 395 g/mol. The Balaban J connectivity index is 1.64. The lowest BCUT2D eigenvalue weighted by Crippen LogP contribution is -2.18. The maximum atomic E-state index is 12.1. The van der Waals surface area contributed by atoms with E-state index in [1.807, 2.05) is 30.4 Å². The van der Waals surface area contributed by atoms with E-state index in [0.717, 1.165) is 11.1 Å². The predicted molar refractivity (Wildman–Crippen MR) is 109 cm³/mol. The van der Waals surface area contributed by atoms with Crippen LogP contribution in [0.2, 0.25) is 5.02 Å². The molecule has 142 valence electrons. The first-order valence-electron chi connectivity index (χ1n) is 8.50. The summed E-state index contributed by atoms with van der Waals surface area (Å²) in [7, 11) is 1.52. The fourth-order valence-electron chi connectivity index (χ4n) is 2.39. The Morgan fingerprint density at radius 3 is 2.46 bits per heavy atom. The highest BCUT2D eigenvalue weighted by molar-refractivity contribution is 6.32.